The van der Waals surface area contributed by atoms with E-state index < -0.39 is 33.3 Å². The zero-order chi connectivity index (χ0) is 15.4. The number of hydrogen-bond acceptors (Lipinski definition) is 5. The molecule has 0 saturated carbocycles. The van der Waals surface area contributed by atoms with Gasteiger partial charge in [0.15, 0.2) is 5.37 Å². The van der Waals surface area contributed by atoms with Crippen LogP contribution in [0, 0.1) is 5.92 Å². The maximum absolute atomic E-state index is 11.7. The summed E-state index contributed by atoms with van der Waals surface area (Å²) in [5.74, 6) is -2.35. The van der Waals surface area contributed by atoms with Crippen LogP contribution in [-0.2, 0) is 24.4 Å². The standard InChI is InChI=1S/C11H17NO6S/c1-6(2)10(19(15,16)17)12-9(13)7(3)8(4)11(14)18-5/h6,10H,3-4H2,1-2,5H3,(H,12,13)(H,15,16,17). The Labute approximate surface area is 112 Å². The van der Waals surface area contributed by atoms with Gasteiger partial charge < -0.3 is 10.1 Å². The van der Waals surface area contributed by atoms with Crippen LogP contribution in [-0.4, -0.2) is 37.3 Å². The van der Waals surface area contributed by atoms with E-state index in [1.54, 1.807) is 0 Å². The molecule has 1 unspecified atom stereocenters. The van der Waals surface area contributed by atoms with Crippen molar-refractivity contribution in [1.82, 2.24) is 5.32 Å². The number of esters is 1. The lowest BCUT2D eigenvalue weighted by Gasteiger charge is -2.19. The molecule has 0 radical (unpaired) electrons. The van der Waals surface area contributed by atoms with Crippen molar-refractivity contribution >= 4 is 22.0 Å². The third-order valence-electron chi connectivity index (χ3n) is 2.27. The molecule has 0 aromatic heterocycles. The minimum Gasteiger partial charge on any atom is -0.465 e. The second-order valence-electron chi connectivity index (χ2n) is 4.10. The molecule has 0 fully saturated rings. The summed E-state index contributed by atoms with van der Waals surface area (Å²) >= 11 is 0. The van der Waals surface area contributed by atoms with Crippen LogP contribution >= 0.6 is 0 Å². The third-order valence-corrected chi connectivity index (χ3v) is 3.57. The third kappa shape index (κ3) is 4.84. The van der Waals surface area contributed by atoms with E-state index in [9.17, 15) is 18.0 Å². The van der Waals surface area contributed by atoms with Gasteiger partial charge in [-0.1, -0.05) is 27.0 Å². The summed E-state index contributed by atoms with van der Waals surface area (Å²) in [7, 11) is -3.36. The van der Waals surface area contributed by atoms with E-state index in [4.69, 9.17) is 4.55 Å². The average molecular weight is 291 g/mol. The topological polar surface area (TPSA) is 110 Å². The fourth-order valence-corrected chi connectivity index (χ4v) is 2.13. The molecule has 0 aromatic rings. The van der Waals surface area contributed by atoms with E-state index in [0.29, 0.717) is 0 Å². The Morgan fingerprint density at radius 2 is 1.68 bits per heavy atom. The molecule has 0 aliphatic carbocycles. The molecule has 0 heterocycles. The van der Waals surface area contributed by atoms with Crippen molar-refractivity contribution in [3.63, 3.8) is 0 Å². The predicted molar refractivity (Wildman–Crippen MR) is 68.6 cm³/mol. The van der Waals surface area contributed by atoms with Crippen molar-refractivity contribution in [1.29, 1.82) is 0 Å². The summed E-state index contributed by atoms with van der Waals surface area (Å²) in [6.07, 6.45) is 0. The van der Waals surface area contributed by atoms with E-state index in [1.165, 1.54) is 13.8 Å². The van der Waals surface area contributed by atoms with Crippen LogP contribution in [0.1, 0.15) is 13.8 Å². The van der Waals surface area contributed by atoms with E-state index >= 15 is 0 Å². The zero-order valence-corrected chi connectivity index (χ0v) is 11.8. The molecule has 7 nitrogen and oxygen atoms in total. The molecule has 0 aliphatic heterocycles. The molecule has 0 bridgehead atoms. The lowest BCUT2D eigenvalue weighted by molar-refractivity contribution is -0.136. The first kappa shape index (κ1) is 17.3. The highest BCUT2D eigenvalue weighted by molar-refractivity contribution is 7.86. The molecule has 0 aromatic carbocycles. The highest BCUT2D eigenvalue weighted by Gasteiger charge is 2.30. The number of ether oxygens (including phenoxy) is 1. The van der Waals surface area contributed by atoms with Gasteiger partial charge in [-0.2, -0.15) is 8.42 Å². The van der Waals surface area contributed by atoms with Crippen LogP contribution in [0.15, 0.2) is 24.3 Å². The van der Waals surface area contributed by atoms with Crippen LogP contribution in [0.25, 0.3) is 0 Å². The number of rotatable bonds is 6. The van der Waals surface area contributed by atoms with Gasteiger partial charge in [-0.3, -0.25) is 9.35 Å². The van der Waals surface area contributed by atoms with Crippen molar-refractivity contribution in [2.75, 3.05) is 7.11 Å². The van der Waals surface area contributed by atoms with E-state index in [-0.39, 0.29) is 11.1 Å². The number of nitrogens with one attached hydrogen (secondary N) is 1. The van der Waals surface area contributed by atoms with Crippen molar-refractivity contribution in [3.05, 3.63) is 24.3 Å². The molecule has 0 aliphatic rings. The number of carbonyl (C=O) groups excluding carboxylic acids is 2. The average Bonchev–Trinajstić information content (AvgIpc) is 2.30. The maximum atomic E-state index is 11.7. The van der Waals surface area contributed by atoms with Gasteiger partial charge in [0.25, 0.3) is 16.0 Å². The van der Waals surface area contributed by atoms with Crippen LogP contribution in [0.3, 0.4) is 0 Å². The van der Waals surface area contributed by atoms with Crippen molar-refractivity contribution in [2.45, 2.75) is 19.2 Å². The molecule has 2 N–H and O–H groups in total. The summed E-state index contributed by atoms with van der Waals surface area (Å²) in [6.45, 7) is 9.64. The predicted octanol–water partition coefficient (Wildman–Crippen LogP) is 0.258. The van der Waals surface area contributed by atoms with Crippen LogP contribution in [0.2, 0.25) is 0 Å². The molecule has 8 heteroatoms. The summed E-state index contributed by atoms with van der Waals surface area (Å²) < 4.78 is 35.5. The maximum Gasteiger partial charge on any atom is 0.338 e. The fourth-order valence-electron chi connectivity index (χ4n) is 1.18. The van der Waals surface area contributed by atoms with Gasteiger partial charge in [0.1, 0.15) is 0 Å². The number of carbonyl (C=O) groups is 2. The van der Waals surface area contributed by atoms with Gasteiger partial charge in [-0.25, -0.2) is 4.79 Å². The number of amides is 1. The Kier molecular flexibility index (Phi) is 5.91. The molecule has 0 rings (SSSR count). The first-order valence-electron chi connectivity index (χ1n) is 5.26. The molecular weight excluding hydrogens is 274 g/mol. The molecule has 0 spiro atoms. The number of methoxy groups -OCH3 is 1. The largest absolute Gasteiger partial charge is 0.465 e. The van der Waals surface area contributed by atoms with Gasteiger partial charge in [0, 0.05) is 5.57 Å². The van der Waals surface area contributed by atoms with Crippen LogP contribution < -0.4 is 5.32 Å². The lowest BCUT2D eigenvalue weighted by Crippen LogP contribution is -2.44. The fraction of sp³-hybridized carbons (Fsp3) is 0.455. The summed E-state index contributed by atoms with van der Waals surface area (Å²) in [5.41, 5.74) is -0.626. The lowest BCUT2D eigenvalue weighted by atomic mass is 10.1. The highest BCUT2D eigenvalue weighted by Crippen LogP contribution is 2.12. The Bertz CT molecular complexity index is 505. The normalized spacial score (nSPS) is 12.7. The van der Waals surface area contributed by atoms with Crippen LogP contribution in [0.4, 0.5) is 0 Å². The SMILES string of the molecule is C=C(C(=C)C(=O)OC)C(=O)NC(C(C)C)S(=O)(=O)O. The van der Waals surface area contributed by atoms with Crippen LogP contribution in [0.5, 0.6) is 0 Å². The van der Waals surface area contributed by atoms with E-state index in [2.05, 4.69) is 23.2 Å². The van der Waals surface area contributed by atoms with E-state index in [1.807, 2.05) is 0 Å². The minimum atomic E-state index is -4.46. The van der Waals surface area contributed by atoms with Crippen molar-refractivity contribution in [2.24, 2.45) is 5.92 Å². The molecule has 19 heavy (non-hydrogen) atoms. The van der Waals surface area contributed by atoms with Gasteiger partial charge in [0.05, 0.1) is 12.7 Å². The smallest absolute Gasteiger partial charge is 0.338 e. The number of hydrogen-bond donors (Lipinski definition) is 2. The molecule has 1 atom stereocenters. The summed E-state index contributed by atoms with van der Waals surface area (Å²) in [4.78, 5) is 22.9. The second kappa shape index (κ2) is 6.48. The molecule has 0 saturated heterocycles. The molecular formula is C11H17NO6S. The van der Waals surface area contributed by atoms with Crippen molar-refractivity contribution < 1.29 is 27.3 Å². The minimum absolute atomic E-state index is 0.294. The van der Waals surface area contributed by atoms with Gasteiger partial charge >= 0.3 is 5.97 Å². The Balaban J connectivity index is 5.00. The molecule has 108 valence electrons. The quantitative estimate of drug-likeness (QED) is 0.314. The Hall–Kier alpha value is -1.67. The van der Waals surface area contributed by atoms with Crippen molar-refractivity contribution in [3.8, 4) is 0 Å². The van der Waals surface area contributed by atoms with Gasteiger partial charge in [-0.15, -0.1) is 0 Å². The first-order valence-corrected chi connectivity index (χ1v) is 6.76. The van der Waals surface area contributed by atoms with E-state index in [0.717, 1.165) is 7.11 Å². The zero-order valence-electron chi connectivity index (χ0n) is 11.0. The molecule has 1 amide bonds. The Morgan fingerprint density at radius 1 is 1.21 bits per heavy atom. The monoisotopic (exact) mass is 291 g/mol. The van der Waals surface area contributed by atoms with Gasteiger partial charge in [0.2, 0.25) is 0 Å². The Morgan fingerprint density at radius 3 is 2.00 bits per heavy atom. The van der Waals surface area contributed by atoms with Gasteiger partial charge in [-0.05, 0) is 5.92 Å². The summed E-state index contributed by atoms with van der Waals surface area (Å²) in [5, 5.41) is 0.573. The summed E-state index contributed by atoms with van der Waals surface area (Å²) in [6, 6.07) is 0. The first-order chi connectivity index (χ1) is 8.52. The second-order valence-corrected chi connectivity index (χ2v) is 5.64. The highest BCUT2D eigenvalue weighted by atomic mass is 32.2.